The van der Waals surface area contributed by atoms with E-state index in [1.54, 1.807) is 0 Å². The SMILES string of the molecule is CCN(CC)C(C)(CC)C(N)c1cccc(C2CCC2)c1. The predicted octanol–water partition coefficient (Wildman–Crippen LogP) is 4.46. The van der Waals surface area contributed by atoms with E-state index in [0.717, 1.165) is 25.4 Å². The molecule has 2 heteroatoms. The molecule has 0 saturated heterocycles. The van der Waals surface area contributed by atoms with Crippen LogP contribution in [0.3, 0.4) is 0 Å². The molecule has 2 nitrogen and oxygen atoms in total. The average Bonchev–Trinajstić information content (AvgIpc) is 2.46. The smallest absolute Gasteiger partial charge is 0.0479 e. The fraction of sp³-hybridized carbons (Fsp3) is 0.684. The molecule has 2 rings (SSSR count). The molecule has 2 unspecified atom stereocenters. The lowest BCUT2D eigenvalue weighted by atomic mass is 9.77. The molecule has 0 heterocycles. The van der Waals surface area contributed by atoms with Gasteiger partial charge in [-0.15, -0.1) is 0 Å². The second kappa shape index (κ2) is 6.93. The van der Waals surface area contributed by atoms with E-state index in [1.165, 1.54) is 30.4 Å². The second-order valence-electron chi connectivity index (χ2n) is 6.66. The number of benzene rings is 1. The Balaban J connectivity index is 2.26. The summed E-state index contributed by atoms with van der Waals surface area (Å²) in [5.41, 5.74) is 9.55. The van der Waals surface area contributed by atoms with Gasteiger partial charge in [0.1, 0.15) is 0 Å². The molecule has 1 aliphatic carbocycles. The van der Waals surface area contributed by atoms with Crippen LogP contribution >= 0.6 is 0 Å². The van der Waals surface area contributed by atoms with Crippen molar-refractivity contribution in [3.8, 4) is 0 Å². The van der Waals surface area contributed by atoms with E-state index >= 15 is 0 Å². The Kier molecular flexibility index (Phi) is 5.45. The highest BCUT2D eigenvalue weighted by atomic mass is 15.2. The number of hydrogen-bond acceptors (Lipinski definition) is 2. The van der Waals surface area contributed by atoms with E-state index in [2.05, 4.69) is 56.9 Å². The highest BCUT2D eigenvalue weighted by Gasteiger charge is 2.35. The van der Waals surface area contributed by atoms with E-state index in [9.17, 15) is 0 Å². The van der Waals surface area contributed by atoms with Crippen molar-refractivity contribution in [2.24, 2.45) is 5.73 Å². The summed E-state index contributed by atoms with van der Waals surface area (Å²) in [6, 6.07) is 9.13. The lowest BCUT2D eigenvalue weighted by Crippen LogP contribution is -2.53. The first-order valence-corrected chi connectivity index (χ1v) is 8.67. The van der Waals surface area contributed by atoms with Gasteiger partial charge in [0.15, 0.2) is 0 Å². The van der Waals surface area contributed by atoms with Crippen molar-refractivity contribution < 1.29 is 0 Å². The number of nitrogens with zero attached hydrogens (tertiary/aromatic N) is 1. The minimum atomic E-state index is 0.0295. The zero-order valence-corrected chi connectivity index (χ0v) is 14.2. The summed E-state index contributed by atoms with van der Waals surface area (Å²) in [7, 11) is 0. The topological polar surface area (TPSA) is 29.3 Å². The molecular formula is C19H32N2. The molecule has 0 spiro atoms. The molecule has 0 aliphatic heterocycles. The summed E-state index contributed by atoms with van der Waals surface area (Å²) in [6.45, 7) is 11.1. The molecule has 0 bridgehead atoms. The molecule has 1 fully saturated rings. The van der Waals surface area contributed by atoms with E-state index < -0.39 is 0 Å². The Hall–Kier alpha value is -0.860. The molecule has 1 aromatic rings. The van der Waals surface area contributed by atoms with Crippen molar-refractivity contribution in [3.63, 3.8) is 0 Å². The van der Waals surface area contributed by atoms with Gasteiger partial charge < -0.3 is 5.73 Å². The standard InChI is InChI=1S/C19H32N2/c1-5-19(4,21(6-2)7-3)18(20)17-13-9-12-16(14-17)15-10-8-11-15/h9,12-15,18H,5-8,10-11,20H2,1-4H3. The van der Waals surface area contributed by atoms with Crippen LogP contribution in [0.2, 0.25) is 0 Å². The predicted molar refractivity (Wildman–Crippen MR) is 91.6 cm³/mol. The largest absolute Gasteiger partial charge is 0.322 e. The van der Waals surface area contributed by atoms with E-state index in [1.807, 2.05) is 0 Å². The fourth-order valence-electron chi connectivity index (χ4n) is 3.69. The van der Waals surface area contributed by atoms with Crippen LogP contribution in [0, 0.1) is 0 Å². The number of nitrogens with two attached hydrogens (primary N) is 1. The molecule has 0 amide bonds. The average molecular weight is 288 g/mol. The maximum atomic E-state index is 6.72. The van der Waals surface area contributed by atoms with Crippen LogP contribution in [0.25, 0.3) is 0 Å². The van der Waals surface area contributed by atoms with Crippen LogP contribution in [-0.4, -0.2) is 23.5 Å². The van der Waals surface area contributed by atoms with Gasteiger partial charge >= 0.3 is 0 Å². The van der Waals surface area contributed by atoms with Gasteiger partial charge in [-0.25, -0.2) is 0 Å². The molecule has 2 atom stereocenters. The minimum Gasteiger partial charge on any atom is -0.322 e. The normalized spacial score (nSPS) is 20.1. The highest BCUT2D eigenvalue weighted by molar-refractivity contribution is 5.31. The molecule has 0 radical (unpaired) electrons. The summed E-state index contributed by atoms with van der Waals surface area (Å²) in [6.07, 6.45) is 5.15. The van der Waals surface area contributed by atoms with E-state index in [4.69, 9.17) is 5.73 Å². The van der Waals surface area contributed by atoms with Crippen molar-refractivity contribution in [2.45, 2.75) is 70.9 Å². The third-order valence-corrected chi connectivity index (χ3v) is 5.72. The first kappa shape index (κ1) is 16.5. The molecule has 1 saturated carbocycles. The zero-order chi connectivity index (χ0) is 15.5. The van der Waals surface area contributed by atoms with Gasteiger partial charge in [-0.2, -0.15) is 0 Å². The maximum absolute atomic E-state index is 6.72. The summed E-state index contributed by atoms with van der Waals surface area (Å²) < 4.78 is 0. The Morgan fingerprint density at radius 2 is 1.90 bits per heavy atom. The Morgan fingerprint density at radius 1 is 1.24 bits per heavy atom. The van der Waals surface area contributed by atoms with Crippen molar-refractivity contribution in [3.05, 3.63) is 35.4 Å². The second-order valence-corrected chi connectivity index (χ2v) is 6.66. The fourth-order valence-corrected chi connectivity index (χ4v) is 3.69. The lowest BCUT2D eigenvalue weighted by Gasteiger charge is -2.44. The quantitative estimate of drug-likeness (QED) is 0.802. The molecule has 2 N–H and O–H groups in total. The molecule has 0 aromatic heterocycles. The van der Waals surface area contributed by atoms with Gasteiger partial charge in [0.05, 0.1) is 0 Å². The Bertz CT molecular complexity index is 449. The third kappa shape index (κ3) is 3.17. The molecule has 1 aliphatic rings. The van der Waals surface area contributed by atoms with Crippen LogP contribution in [0.4, 0.5) is 0 Å². The van der Waals surface area contributed by atoms with Crippen LogP contribution in [-0.2, 0) is 0 Å². The summed E-state index contributed by atoms with van der Waals surface area (Å²) in [4.78, 5) is 2.51. The van der Waals surface area contributed by atoms with E-state index in [0.29, 0.717) is 0 Å². The maximum Gasteiger partial charge on any atom is 0.0479 e. The van der Waals surface area contributed by atoms with E-state index in [-0.39, 0.29) is 11.6 Å². The first-order valence-electron chi connectivity index (χ1n) is 8.67. The highest BCUT2D eigenvalue weighted by Crippen LogP contribution is 2.38. The number of hydrogen-bond donors (Lipinski definition) is 1. The number of likely N-dealkylation sites (N-methyl/N-ethyl adjacent to an activating group) is 1. The van der Waals surface area contributed by atoms with Crippen molar-refractivity contribution in [2.75, 3.05) is 13.1 Å². The summed E-state index contributed by atoms with van der Waals surface area (Å²) in [5.74, 6) is 0.776. The Labute approximate surface area is 130 Å². The van der Waals surface area contributed by atoms with Crippen LogP contribution < -0.4 is 5.73 Å². The summed E-state index contributed by atoms with van der Waals surface area (Å²) in [5, 5.41) is 0. The lowest BCUT2D eigenvalue weighted by molar-refractivity contribution is 0.0844. The molecule has 118 valence electrons. The minimum absolute atomic E-state index is 0.0295. The van der Waals surface area contributed by atoms with Gasteiger partial charge in [0, 0.05) is 11.6 Å². The van der Waals surface area contributed by atoms with Crippen molar-refractivity contribution >= 4 is 0 Å². The van der Waals surface area contributed by atoms with Gasteiger partial charge in [-0.1, -0.05) is 51.5 Å². The molecular weight excluding hydrogens is 256 g/mol. The monoisotopic (exact) mass is 288 g/mol. The van der Waals surface area contributed by atoms with Crippen LogP contribution in [0.5, 0.6) is 0 Å². The molecule has 1 aromatic carbocycles. The molecule has 21 heavy (non-hydrogen) atoms. The van der Waals surface area contributed by atoms with Crippen molar-refractivity contribution in [1.82, 2.24) is 4.90 Å². The van der Waals surface area contributed by atoms with Crippen LogP contribution in [0.15, 0.2) is 24.3 Å². The number of rotatable bonds is 7. The summed E-state index contributed by atoms with van der Waals surface area (Å²) >= 11 is 0. The van der Waals surface area contributed by atoms with Gasteiger partial charge in [0.2, 0.25) is 0 Å². The zero-order valence-electron chi connectivity index (χ0n) is 14.2. The van der Waals surface area contributed by atoms with Gasteiger partial charge in [0.25, 0.3) is 0 Å². The van der Waals surface area contributed by atoms with Gasteiger partial charge in [-0.05, 0) is 56.3 Å². The first-order chi connectivity index (χ1) is 10.1. The van der Waals surface area contributed by atoms with Crippen molar-refractivity contribution in [1.29, 1.82) is 0 Å². The Morgan fingerprint density at radius 3 is 2.38 bits per heavy atom. The third-order valence-electron chi connectivity index (χ3n) is 5.72. The van der Waals surface area contributed by atoms with Gasteiger partial charge in [-0.3, -0.25) is 4.90 Å². The van der Waals surface area contributed by atoms with Crippen LogP contribution in [0.1, 0.15) is 76.5 Å².